The van der Waals surface area contributed by atoms with Gasteiger partial charge in [0.05, 0.1) is 11.6 Å². The highest BCUT2D eigenvalue weighted by Crippen LogP contribution is 2.40. The zero-order valence-corrected chi connectivity index (χ0v) is 12.1. The molecule has 1 aromatic rings. The van der Waals surface area contributed by atoms with Gasteiger partial charge in [-0.05, 0) is 64.7 Å². The van der Waals surface area contributed by atoms with Crippen molar-refractivity contribution in [3.8, 4) is 5.75 Å². The second kappa shape index (κ2) is 4.99. The first-order valence-electron chi connectivity index (χ1n) is 6.10. The van der Waals surface area contributed by atoms with Gasteiger partial charge >= 0.3 is 0 Å². The summed E-state index contributed by atoms with van der Waals surface area (Å²) in [5, 5.41) is 0. The van der Waals surface area contributed by atoms with Gasteiger partial charge < -0.3 is 10.5 Å². The molecule has 3 heteroatoms. The molecule has 0 amide bonds. The van der Waals surface area contributed by atoms with Gasteiger partial charge in [0.2, 0.25) is 0 Å². The number of benzene rings is 1. The number of rotatable bonds is 3. The molecule has 2 atom stereocenters. The van der Waals surface area contributed by atoms with Crippen molar-refractivity contribution in [2.45, 2.75) is 38.6 Å². The summed E-state index contributed by atoms with van der Waals surface area (Å²) in [5.41, 5.74) is 7.73. The molecule has 1 saturated carbocycles. The molecule has 0 saturated heterocycles. The fourth-order valence-electron chi connectivity index (χ4n) is 2.84. The maximum atomic E-state index is 6.01. The average molecular weight is 298 g/mol. The predicted octanol–water partition coefficient (Wildman–Crippen LogP) is 3.52. The Balaban J connectivity index is 2.11. The molecule has 2 N–H and O–H groups in total. The van der Waals surface area contributed by atoms with Crippen molar-refractivity contribution in [2.75, 3.05) is 7.11 Å². The van der Waals surface area contributed by atoms with Gasteiger partial charge in [0, 0.05) is 6.04 Å². The molecule has 1 aliphatic carbocycles. The van der Waals surface area contributed by atoms with E-state index in [1.54, 1.807) is 7.11 Å². The van der Waals surface area contributed by atoms with Crippen LogP contribution in [-0.4, -0.2) is 13.2 Å². The van der Waals surface area contributed by atoms with Crippen molar-refractivity contribution < 1.29 is 4.74 Å². The van der Waals surface area contributed by atoms with Gasteiger partial charge in [-0.3, -0.25) is 0 Å². The minimum absolute atomic E-state index is 0.368. The van der Waals surface area contributed by atoms with E-state index in [4.69, 9.17) is 10.5 Å². The van der Waals surface area contributed by atoms with Crippen molar-refractivity contribution in [2.24, 2.45) is 11.1 Å². The van der Waals surface area contributed by atoms with E-state index in [1.807, 2.05) is 6.07 Å². The molecule has 2 nitrogen and oxygen atoms in total. The largest absolute Gasteiger partial charge is 0.496 e. The van der Waals surface area contributed by atoms with Crippen LogP contribution in [0.25, 0.3) is 0 Å². The van der Waals surface area contributed by atoms with Gasteiger partial charge in [-0.25, -0.2) is 0 Å². The third kappa shape index (κ3) is 3.02. The molecule has 1 aliphatic rings. The lowest BCUT2D eigenvalue weighted by atomic mass is 9.82. The lowest BCUT2D eigenvalue weighted by molar-refractivity contribution is 0.329. The Morgan fingerprint density at radius 3 is 2.82 bits per heavy atom. The van der Waals surface area contributed by atoms with Crippen LogP contribution in [0.5, 0.6) is 5.75 Å². The van der Waals surface area contributed by atoms with E-state index >= 15 is 0 Å². The summed E-state index contributed by atoms with van der Waals surface area (Å²) < 4.78 is 6.28. The van der Waals surface area contributed by atoms with E-state index in [1.165, 1.54) is 12.0 Å². The third-order valence-electron chi connectivity index (χ3n) is 3.72. The highest BCUT2D eigenvalue weighted by molar-refractivity contribution is 9.10. The van der Waals surface area contributed by atoms with Gasteiger partial charge in [-0.15, -0.1) is 0 Å². The summed E-state index contributed by atoms with van der Waals surface area (Å²) in [6.45, 7) is 2.35. The Hall–Kier alpha value is -0.540. The maximum absolute atomic E-state index is 6.01. The number of hydrogen-bond acceptors (Lipinski definition) is 2. The number of ether oxygens (including phenoxy) is 1. The second-order valence-electron chi connectivity index (χ2n) is 5.46. The Morgan fingerprint density at radius 1 is 1.53 bits per heavy atom. The van der Waals surface area contributed by atoms with E-state index in [-0.39, 0.29) is 0 Å². The van der Waals surface area contributed by atoms with Gasteiger partial charge in [-0.2, -0.15) is 0 Å². The standard InChI is InChI=1S/C14H20BrNO/c1-14(6-5-11(16)9-14)8-10-3-4-13(17-2)12(15)7-10/h3-4,7,11H,5-6,8-9,16H2,1-2H3. The molecule has 0 spiro atoms. The molecule has 0 aromatic heterocycles. The minimum atomic E-state index is 0.368. The van der Waals surface area contributed by atoms with Crippen molar-refractivity contribution in [3.63, 3.8) is 0 Å². The van der Waals surface area contributed by atoms with Crippen LogP contribution in [-0.2, 0) is 6.42 Å². The molecule has 1 aromatic carbocycles. The van der Waals surface area contributed by atoms with E-state index in [9.17, 15) is 0 Å². The second-order valence-corrected chi connectivity index (χ2v) is 6.31. The quantitative estimate of drug-likeness (QED) is 0.926. The highest BCUT2D eigenvalue weighted by atomic mass is 79.9. The first-order chi connectivity index (χ1) is 8.02. The number of nitrogens with two attached hydrogens (primary N) is 1. The summed E-state index contributed by atoms with van der Waals surface area (Å²) in [6.07, 6.45) is 4.63. The molecule has 0 aliphatic heterocycles. The van der Waals surface area contributed by atoms with Crippen molar-refractivity contribution >= 4 is 15.9 Å². The lowest BCUT2D eigenvalue weighted by Gasteiger charge is -2.24. The van der Waals surface area contributed by atoms with Crippen LogP contribution in [0.1, 0.15) is 31.7 Å². The molecule has 2 rings (SSSR count). The van der Waals surface area contributed by atoms with Crippen LogP contribution >= 0.6 is 15.9 Å². The van der Waals surface area contributed by atoms with Crippen molar-refractivity contribution in [3.05, 3.63) is 28.2 Å². The maximum Gasteiger partial charge on any atom is 0.133 e. The van der Waals surface area contributed by atoms with Gasteiger partial charge in [0.1, 0.15) is 5.75 Å². The zero-order chi connectivity index (χ0) is 12.5. The number of hydrogen-bond donors (Lipinski definition) is 1. The van der Waals surface area contributed by atoms with Crippen molar-refractivity contribution in [1.29, 1.82) is 0 Å². The fraction of sp³-hybridized carbons (Fsp3) is 0.571. The van der Waals surface area contributed by atoms with E-state index in [2.05, 4.69) is 35.0 Å². The zero-order valence-electron chi connectivity index (χ0n) is 10.5. The molecule has 1 fully saturated rings. The molecular weight excluding hydrogens is 278 g/mol. The van der Waals surface area contributed by atoms with E-state index in [0.717, 1.165) is 29.5 Å². The van der Waals surface area contributed by atoms with Crippen LogP contribution < -0.4 is 10.5 Å². The third-order valence-corrected chi connectivity index (χ3v) is 4.34. The fourth-order valence-corrected chi connectivity index (χ4v) is 3.43. The molecule has 0 heterocycles. The van der Waals surface area contributed by atoms with Gasteiger partial charge in [-0.1, -0.05) is 13.0 Å². The highest BCUT2D eigenvalue weighted by Gasteiger charge is 2.33. The summed E-state index contributed by atoms with van der Waals surface area (Å²) >= 11 is 3.54. The smallest absolute Gasteiger partial charge is 0.133 e. The normalized spacial score (nSPS) is 28.4. The van der Waals surface area contributed by atoms with Crippen LogP contribution in [0.2, 0.25) is 0 Å². The topological polar surface area (TPSA) is 35.2 Å². The first-order valence-corrected chi connectivity index (χ1v) is 6.90. The number of halogens is 1. The van der Waals surface area contributed by atoms with Crippen molar-refractivity contribution in [1.82, 2.24) is 0 Å². The molecule has 2 unspecified atom stereocenters. The summed E-state index contributed by atoms with van der Waals surface area (Å²) in [5.74, 6) is 0.891. The van der Waals surface area contributed by atoms with E-state index in [0.29, 0.717) is 11.5 Å². The average Bonchev–Trinajstić information content (AvgIpc) is 2.58. The molecule has 0 radical (unpaired) electrons. The summed E-state index contributed by atoms with van der Waals surface area (Å²) in [7, 11) is 1.69. The molecule has 94 valence electrons. The van der Waals surface area contributed by atoms with Crippen LogP contribution in [0, 0.1) is 5.41 Å². The monoisotopic (exact) mass is 297 g/mol. The molecule has 0 bridgehead atoms. The Kier molecular flexibility index (Phi) is 3.79. The van der Waals surface area contributed by atoms with Crippen LogP contribution in [0.3, 0.4) is 0 Å². The molecule has 17 heavy (non-hydrogen) atoms. The minimum Gasteiger partial charge on any atom is -0.496 e. The lowest BCUT2D eigenvalue weighted by Crippen LogP contribution is -2.21. The van der Waals surface area contributed by atoms with Gasteiger partial charge in [0.25, 0.3) is 0 Å². The van der Waals surface area contributed by atoms with E-state index < -0.39 is 0 Å². The van der Waals surface area contributed by atoms with Crippen LogP contribution in [0.15, 0.2) is 22.7 Å². The Labute approximate surface area is 112 Å². The number of methoxy groups -OCH3 is 1. The summed E-state index contributed by atoms with van der Waals surface area (Å²) in [4.78, 5) is 0. The Morgan fingerprint density at radius 2 is 2.29 bits per heavy atom. The van der Waals surface area contributed by atoms with Crippen LogP contribution in [0.4, 0.5) is 0 Å². The van der Waals surface area contributed by atoms with Gasteiger partial charge in [0.15, 0.2) is 0 Å². The Bertz CT molecular complexity index is 407. The summed E-state index contributed by atoms with van der Waals surface area (Å²) in [6, 6.07) is 6.73. The molecular formula is C14H20BrNO. The first kappa shape index (κ1) is 12.9. The predicted molar refractivity (Wildman–Crippen MR) is 74.3 cm³/mol. The SMILES string of the molecule is COc1ccc(CC2(C)CCC(N)C2)cc1Br.